The number of allylic oxidation sites excluding steroid dienone is 2. The molecule has 124 valence electrons. The van der Waals surface area contributed by atoms with Gasteiger partial charge in [0.1, 0.15) is 0 Å². The zero-order valence-corrected chi connectivity index (χ0v) is 15.1. The molecule has 0 aliphatic carbocycles. The molecule has 2 unspecified atom stereocenters. The lowest BCUT2D eigenvalue weighted by molar-refractivity contribution is 0.103. The monoisotopic (exact) mass is 294 g/mol. The number of hydrogen-bond donors (Lipinski definition) is 1. The highest BCUT2D eigenvalue weighted by atomic mass is 16.3. The van der Waals surface area contributed by atoms with Crippen molar-refractivity contribution in [3.63, 3.8) is 0 Å². The molecule has 0 aliphatic rings. The highest BCUT2D eigenvalue weighted by Gasteiger charge is 2.13. The Labute approximate surface area is 133 Å². The summed E-state index contributed by atoms with van der Waals surface area (Å²) in [6.07, 6.45) is 13.6. The Bertz CT molecular complexity index is 299. The van der Waals surface area contributed by atoms with Gasteiger partial charge in [0.25, 0.3) is 0 Å². The van der Waals surface area contributed by atoms with Crippen molar-refractivity contribution in [2.75, 3.05) is 0 Å². The average molecular weight is 295 g/mol. The van der Waals surface area contributed by atoms with E-state index in [9.17, 15) is 5.11 Å². The zero-order chi connectivity index (χ0) is 16.3. The molecule has 1 N–H and O–H groups in total. The average Bonchev–Trinajstić information content (AvgIpc) is 2.38. The van der Waals surface area contributed by atoms with E-state index in [4.69, 9.17) is 0 Å². The van der Waals surface area contributed by atoms with E-state index < -0.39 is 5.60 Å². The second-order valence-electron chi connectivity index (χ2n) is 7.47. The van der Waals surface area contributed by atoms with Gasteiger partial charge < -0.3 is 5.11 Å². The fraction of sp³-hybridized carbons (Fsp3) is 0.800. The smallest absolute Gasteiger partial charge is 0.0800 e. The Morgan fingerprint density at radius 1 is 1.14 bits per heavy atom. The number of aliphatic hydroxyl groups is 1. The second-order valence-corrected chi connectivity index (χ2v) is 7.47. The van der Waals surface area contributed by atoms with Crippen LogP contribution in [-0.2, 0) is 0 Å². The Morgan fingerprint density at radius 2 is 1.76 bits per heavy atom. The fourth-order valence-corrected chi connectivity index (χ4v) is 2.56. The van der Waals surface area contributed by atoms with Gasteiger partial charge in [-0.15, -0.1) is 6.58 Å². The highest BCUT2D eigenvalue weighted by Crippen LogP contribution is 2.20. The standard InChI is InChI=1S/C20H38O/c1-7-20(6,21)16-10-15-19(5)14-9-13-18(4)12-8-11-17(2)3/h7,15,17-18,21H,1,8-14,16H2,2-6H3/b19-15+. The predicted molar refractivity (Wildman–Crippen MR) is 95.5 cm³/mol. The molecule has 2 atom stereocenters. The van der Waals surface area contributed by atoms with E-state index in [1.54, 1.807) is 6.08 Å². The maximum atomic E-state index is 9.86. The van der Waals surface area contributed by atoms with Gasteiger partial charge in [-0.25, -0.2) is 0 Å². The molecule has 0 spiro atoms. The molecule has 0 aliphatic heterocycles. The van der Waals surface area contributed by atoms with Crippen LogP contribution in [0.4, 0.5) is 0 Å². The van der Waals surface area contributed by atoms with Crippen molar-refractivity contribution in [3.05, 3.63) is 24.3 Å². The molecule has 0 bridgehead atoms. The molecule has 0 aromatic rings. The summed E-state index contributed by atoms with van der Waals surface area (Å²) in [7, 11) is 0. The van der Waals surface area contributed by atoms with Gasteiger partial charge in [-0.1, -0.05) is 64.2 Å². The maximum Gasteiger partial charge on any atom is 0.0800 e. The third kappa shape index (κ3) is 12.9. The van der Waals surface area contributed by atoms with Gasteiger partial charge in [0.15, 0.2) is 0 Å². The van der Waals surface area contributed by atoms with Crippen LogP contribution in [0.15, 0.2) is 24.3 Å². The predicted octanol–water partition coefficient (Wildman–Crippen LogP) is 6.28. The Hall–Kier alpha value is -0.560. The van der Waals surface area contributed by atoms with E-state index in [2.05, 4.69) is 40.3 Å². The summed E-state index contributed by atoms with van der Waals surface area (Å²) >= 11 is 0. The summed E-state index contributed by atoms with van der Waals surface area (Å²) in [5, 5.41) is 9.86. The van der Waals surface area contributed by atoms with Crippen molar-refractivity contribution in [1.82, 2.24) is 0 Å². The lowest BCUT2D eigenvalue weighted by atomic mass is 9.94. The summed E-state index contributed by atoms with van der Waals surface area (Å²) in [6, 6.07) is 0. The van der Waals surface area contributed by atoms with E-state index in [0.717, 1.165) is 24.7 Å². The first kappa shape index (κ1) is 20.4. The lowest BCUT2D eigenvalue weighted by Gasteiger charge is -2.17. The number of hydrogen-bond acceptors (Lipinski definition) is 1. The molecule has 0 aromatic carbocycles. The van der Waals surface area contributed by atoms with E-state index in [-0.39, 0.29) is 0 Å². The summed E-state index contributed by atoms with van der Waals surface area (Å²) in [6.45, 7) is 14.7. The third-order valence-electron chi connectivity index (χ3n) is 4.33. The maximum absolute atomic E-state index is 9.86. The largest absolute Gasteiger partial charge is 0.386 e. The third-order valence-corrected chi connectivity index (χ3v) is 4.33. The van der Waals surface area contributed by atoms with Crippen molar-refractivity contribution in [3.8, 4) is 0 Å². The Balaban J connectivity index is 3.73. The molecule has 0 amide bonds. The molecule has 0 heterocycles. The van der Waals surface area contributed by atoms with Crippen LogP contribution in [0, 0.1) is 11.8 Å². The minimum absolute atomic E-state index is 0.721. The van der Waals surface area contributed by atoms with Crippen LogP contribution in [0.5, 0.6) is 0 Å². The van der Waals surface area contributed by atoms with Crippen LogP contribution in [0.1, 0.15) is 86.0 Å². The van der Waals surface area contributed by atoms with E-state index in [1.807, 2.05) is 6.92 Å². The molecular weight excluding hydrogens is 256 g/mol. The second kappa shape index (κ2) is 11.1. The van der Waals surface area contributed by atoms with E-state index >= 15 is 0 Å². The molecule has 0 saturated heterocycles. The van der Waals surface area contributed by atoms with Gasteiger partial charge >= 0.3 is 0 Å². The molecule has 0 saturated carbocycles. The first-order chi connectivity index (χ1) is 9.76. The Morgan fingerprint density at radius 3 is 2.33 bits per heavy atom. The molecule has 1 heteroatoms. The SMILES string of the molecule is C=CC(C)(O)CC/C=C(\C)CCCC(C)CCCC(C)C. The first-order valence-corrected chi connectivity index (χ1v) is 8.78. The Kier molecular flexibility index (Phi) is 10.8. The zero-order valence-electron chi connectivity index (χ0n) is 15.1. The first-order valence-electron chi connectivity index (χ1n) is 8.78. The lowest BCUT2D eigenvalue weighted by Crippen LogP contribution is -2.19. The van der Waals surface area contributed by atoms with Gasteiger partial charge in [0.2, 0.25) is 0 Å². The van der Waals surface area contributed by atoms with E-state index in [0.29, 0.717) is 0 Å². The molecule has 1 nitrogen and oxygen atoms in total. The normalized spacial score (nSPS) is 16.8. The van der Waals surface area contributed by atoms with Crippen molar-refractivity contribution in [2.45, 2.75) is 91.6 Å². The van der Waals surface area contributed by atoms with Gasteiger partial charge in [-0.2, -0.15) is 0 Å². The topological polar surface area (TPSA) is 20.2 Å². The van der Waals surface area contributed by atoms with Crippen molar-refractivity contribution in [1.29, 1.82) is 0 Å². The van der Waals surface area contributed by atoms with Crippen LogP contribution < -0.4 is 0 Å². The summed E-state index contributed by atoms with van der Waals surface area (Å²) in [5.41, 5.74) is 0.742. The van der Waals surface area contributed by atoms with Crippen LogP contribution in [0.25, 0.3) is 0 Å². The molecular formula is C20H38O. The molecule has 21 heavy (non-hydrogen) atoms. The minimum Gasteiger partial charge on any atom is -0.386 e. The van der Waals surface area contributed by atoms with Crippen LogP contribution in [0.2, 0.25) is 0 Å². The van der Waals surface area contributed by atoms with Crippen molar-refractivity contribution in [2.24, 2.45) is 11.8 Å². The van der Waals surface area contributed by atoms with Crippen LogP contribution in [-0.4, -0.2) is 10.7 Å². The number of rotatable bonds is 12. The highest BCUT2D eigenvalue weighted by molar-refractivity contribution is 5.00. The minimum atomic E-state index is -0.721. The molecule has 0 radical (unpaired) electrons. The molecule has 0 fully saturated rings. The van der Waals surface area contributed by atoms with Crippen molar-refractivity contribution >= 4 is 0 Å². The van der Waals surface area contributed by atoms with Gasteiger partial charge in [0.05, 0.1) is 5.60 Å². The summed E-state index contributed by atoms with van der Waals surface area (Å²) in [4.78, 5) is 0. The fourth-order valence-electron chi connectivity index (χ4n) is 2.56. The molecule has 0 aromatic heterocycles. The van der Waals surface area contributed by atoms with Crippen molar-refractivity contribution < 1.29 is 5.11 Å². The van der Waals surface area contributed by atoms with E-state index in [1.165, 1.54) is 44.1 Å². The van der Waals surface area contributed by atoms with Crippen LogP contribution >= 0.6 is 0 Å². The quantitative estimate of drug-likeness (QED) is 0.420. The van der Waals surface area contributed by atoms with Gasteiger partial charge in [-0.05, 0) is 51.4 Å². The van der Waals surface area contributed by atoms with Gasteiger partial charge in [-0.3, -0.25) is 0 Å². The van der Waals surface area contributed by atoms with Gasteiger partial charge in [0, 0.05) is 0 Å². The molecule has 0 rings (SSSR count). The summed E-state index contributed by atoms with van der Waals surface area (Å²) < 4.78 is 0. The van der Waals surface area contributed by atoms with Crippen LogP contribution in [0.3, 0.4) is 0 Å². The summed E-state index contributed by atoms with van der Waals surface area (Å²) in [5.74, 6) is 1.70.